The van der Waals surface area contributed by atoms with E-state index in [-0.39, 0.29) is 54.0 Å². The number of carbonyl (C=O) groups excluding carboxylic acids is 1. The van der Waals surface area contributed by atoms with Crippen molar-refractivity contribution < 1.29 is 33.6 Å². The number of rotatable bonds is 3. The summed E-state index contributed by atoms with van der Waals surface area (Å²) < 4.78 is 28.7. The summed E-state index contributed by atoms with van der Waals surface area (Å²) in [4.78, 5) is 13.1. The van der Waals surface area contributed by atoms with E-state index in [0.29, 0.717) is 12.0 Å². The minimum atomic E-state index is -0.672. The van der Waals surface area contributed by atoms with Gasteiger partial charge in [0, 0.05) is 25.0 Å². The Morgan fingerprint density at radius 1 is 1.12 bits per heavy atom. The van der Waals surface area contributed by atoms with Crippen LogP contribution in [-0.4, -0.2) is 49.1 Å². The van der Waals surface area contributed by atoms with Crippen molar-refractivity contribution in [3.63, 3.8) is 0 Å². The molecule has 0 spiro atoms. The average Bonchev–Trinajstić information content (AvgIpc) is 3.03. The summed E-state index contributed by atoms with van der Waals surface area (Å²) in [7, 11) is 1.48. The van der Waals surface area contributed by atoms with Crippen LogP contribution in [0.4, 0.5) is 0 Å². The van der Waals surface area contributed by atoms with Crippen LogP contribution >= 0.6 is 0 Å². The van der Waals surface area contributed by atoms with Gasteiger partial charge in [-0.25, -0.2) is 4.79 Å². The van der Waals surface area contributed by atoms with Gasteiger partial charge in [0.1, 0.15) is 23.2 Å². The fourth-order valence-corrected chi connectivity index (χ4v) is 3.98. The van der Waals surface area contributed by atoms with E-state index in [1.165, 1.54) is 19.2 Å². The average molecular weight is 447 g/mol. The molecule has 1 saturated heterocycles. The monoisotopic (exact) mass is 446 g/mol. The predicted octanol–water partition coefficient (Wildman–Crippen LogP) is 4.69. The zero-order valence-electron chi connectivity index (χ0n) is 19.7. The van der Waals surface area contributed by atoms with E-state index in [9.17, 15) is 9.90 Å². The van der Waals surface area contributed by atoms with Gasteiger partial charge in [-0.3, -0.25) is 0 Å². The molecule has 1 aromatic rings. The lowest BCUT2D eigenvalue weighted by Crippen LogP contribution is -2.29. The zero-order valence-corrected chi connectivity index (χ0v) is 19.7. The van der Waals surface area contributed by atoms with Gasteiger partial charge in [0.15, 0.2) is 12.6 Å². The Balaban J connectivity index is 2.04. The Kier molecular flexibility index (Phi) is 7.64. The molecule has 5 atom stereocenters. The van der Waals surface area contributed by atoms with Gasteiger partial charge in [0.25, 0.3) is 0 Å². The van der Waals surface area contributed by atoms with Crippen molar-refractivity contribution in [1.29, 1.82) is 0 Å². The number of ether oxygens (including phenoxy) is 5. The molecule has 3 rings (SSSR count). The van der Waals surface area contributed by atoms with E-state index >= 15 is 0 Å². The van der Waals surface area contributed by atoms with Crippen LogP contribution in [0.3, 0.4) is 0 Å². The lowest BCUT2D eigenvalue weighted by Gasteiger charge is -2.23. The van der Waals surface area contributed by atoms with Crippen molar-refractivity contribution in [2.24, 2.45) is 11.8 Å². The SMILES string of the molecule is COCOc1cc(O)cc2c1C(=O)O[C@@H](C)[C@H](C)/C=C\C(C)[C@H]1OC(C)(C)O[C@H]1CC=C2. The van der Waals surface area contributed by atoms with Crippen molar-refractivity contribution in [1.82, 2.24) is 0 Å². The Morgan fingerprint density at radius 2 is 1.84 bits per heavy atom. The molecule has 2 aliphatic heterocycles. The van der Waals surface area contributed by atoms with Crippen molar-refractivity contribution in [3.8, 4) is 11.5 Å². The molecular formula is C25H34O7. The number of esters is 1. The van der Waals surface area contributed by atoms with Crippen molar-refractivity contribution in [2.45, 2.75) is 65.1 Å². The van der Waals surface area contributed by atoms with Crippen LogP contribution in [0.2, 0.25) is 0 Å². The van der Waals surface area contributed by atoms with Crippen LogP contribution in [0.1, 0.15) is 57.0 Å². The summed E-state index contributed by atoms with van der Waals surface area (Å²) in [6.07, 6.45) is 7.81. The first-order chi connectivity index (χ1) is 15.1. The van der Waals surface area contributed by atoms with Crippen molar-refractivity contribution in [2.75, 3.05) is 13.9 Å². The van der Waals surface area contributed by atoms with E-state index < -0.39 is 11.8 Å². The van der Waals surface area contributed by atoms with Crippen LogP contribution in [-0.2, 0) is 18.9 Å². The number of phenols is 1. The highest BCUT2D eigenvalue weighted by Gasteiger charge is 2.42. The second kappa shape index (κ2) is 10.1. The third kappa shape index (κ3) is 5.71. The highest BCUT2D eigenvalue weighted by atomic mass is 16.8. The number of fused-ring (bicyclic) bond motifs is 2. The fourth-order valence-electron chi connectivity index (χ4n) is 3.98. The van der Waals surface area contributed by atoms with Crippen LogP contribution in [0.15, 0.2) is 30.4 Å². The van der Waals surface area contributed by atoms with E-state index in [4.69, 9.17) is 23.7 Å². The minimum absolute atomic E-state index is 0.0161. The second-order valence-electron chi connectivity index (χ2n) is 8.95. The molecule has 2 aliphatic rings. The number of hydrogen-bond acceptors (Lipinski definition) is 7. The van der Waals surface area contributed by atoms with Gasteiger partial charge in [-0.2, -0.15) is 0 Å². The zero-order chi connectivity index (χ0) is 23.5. The Morgan fingerprint density at radius 3 is 2.56 bits per heavy atom. The molecule has 2 heterocycles. The molecule has 32 heavy (non-hydrogen) atoms. The molecule has 7 heteroatoms. The molecule has 0 amide bonds. The van der Waals surface area contributed by atoms with Gasteiger partial charge in [0.2, 0.25) is 0 Å². The maximum absolute atomic E-state index is 13.1. The predicted molar refractivity (Wildman–Crippen MR) is 120 cm³/mol. The first kappa shape index (κ1) is 24.3. The number of benzene rings is 1. The first-order valence-electron chi connectivity index (χ1n) is 11.0. The van der Waals surface area contributed by atoms with Crippen LogP contribution in [0.5, 0.6) is 11.5 Å². The summed E-state index contributed by atoms with van der Waals surface area (Å²) in [6, 6.07) is 2.90. The van der Waals surface area contributed by atoms with Gasteiger partial charge < -0.3 is 28.8 Å². The summed E-state index contributed by atoms with van der Waals surface area (Å²) in [5.41, 5.74) is 0.737. The Labute approximate surface area is 189 Å². The van der Waals surface area contributed by atoms with E-state index in [1.54, 1.807) is 6.08 Å². The summed E-state index contributed by atoms with van der Waals surface area (Å²) in [5.74, 6) is -0.911. The molecule has 7 nitrogen and oxygen atoms in total. The number of methoxy groups -OCH3 is 1. The van der Waals surface area contributed by atoms with Gasteiger partial charge in [-0.1, -0.05) is 38.2 Å². The maximum atomic E-state index is 13.1. The van der Waals surface area contributed by atoms with Crippen molar-refractivity contribution >= 4 is 12.0 Å². The third-order valence-electron chi connectivity index (χ3n) is 5.81. The smallest absolute Gasteiger partial charge is 0.342 e. The summed E-state index contributed by atoms with van der Waals surface area (Å²) >= 11 is 0. The molecule has 1 N–H and O–H groups in total. The number of carbonyl (C=O) groups is 1. The second-order valence-corrected chi connectivity index (χ2v) is 8.95. The number of cyclic esters (lactones) is 1. The van der Waals surface area contributed by atoms with Gasteiger partial charge in [-0.15, -0.1) is 0 Å². The Hall–Kier alpha value is -2.35. The normalized spacial score (nSPS) is 31.2. The van der Waals surface area contributed by atoms with E-state index in [2.05, 4.69) is 19.1 Å². The van der Waals surface area contributed by atoms with Gasteiger partial charge in [-0.05, 0) is 38.8 Å². The summed E-state index contributed by atoms with van der Waals surface area (Å²) in [6.45, 7) is 9.72. The van der Waals surface area contributed by atoms with Crippen LogP contribution in [0.25, 0.3) is 6.08 Å². The number of phenolic OH excluding ortho intramolecular Hbond substituents is 1. The molecule has 0 aromatic heterocycles. The molecule has 0 aliphatic carbocycles. The molecule has 1 aromatic carbocycles. The lowest BCUT2D eigenvalue weighted by molar-refractivity contribution is -0.148. The first-order valence-corrected chi connectivity index (χ1v) is 11.0. The molecule has 1 fully saturated rings. The highest BCUT2D eigenvalue weighted by molar-refractivity contribution is 5.97. The largest absolute Gasteiger partial charge is 0.508 e. The van der Waals surface area contributed by atoms with E-state index in [0.717, 1.165) is 0 Å². The topological polar surface area (TPSA) is 83.5 Å². The maximum Gasteiger partial charge on any atom is 0.342 e. The minimum Gasteiger partial charge on any atom is -0.508 e. The molecule has 0 bridgehead atoms. The molecule has 0 radical (unpaired) electrons. The standard InChI is InChI=1S/C25H34O7/c1-15-10-11-16(2)23-20(31-25(4,5)32-23)9-7-8-18-12-19(26)13-21(29-14-28-6)22(18)24(27)30-17(15)3/h7-8,10-13,15-17,20,23,26H,9,14H2,1-6H3/b8-7?,11-10-/t15-,16?,17+,20+,23-/m1/s1. The molecule has 176 valence electrons. The molecule has 0 saturated carbocycles. The van der Waals surface area contributed by atoms with Gasteiger partial charge in [0.05, 0.1) is 12.2 Å². The van der Waals surface area contributed by atoms with E-state index in [1.807, 2.05) is 33.8 Å². The fraction of sp³-hybridized carbons (Fsp3) is 0.560. The third-order valence-corrected chi connectivity index (χ3v) is 5.81. The number of hydrogen-bond donors (Lipinski definition) is 1. The summed E-state index contributed by atoms with van der Waals surface area (Å²) in [5, 5.41) is 10.2. The van der Waals surface area contributed by atoms with Crippen molar-refractivity contribution in [3.05, 3.63) is 41.5 Å². The van der Waals surface area contributed by atoms with Crippen LogP contribution in [0, 0.1) is 11.8 Å². The Bertz CT molecular complexity index is 873. The number of aromatic hydroxyl groups is 1. The van der Waals surface area contributed by atoms with Crippen LogP contribution < -0.4 is 4.74 Å². The lowest BCUT2D eigenvalue weighted by atomic mass is 9.94. The quantitative estimate of drug-likeness (QED) is 0.410. The molecule has 1 unspecified atom stereocenters. The molecular weight excluding hydrogens is 412 g/mol. The highest BCUT2D eigenvalue weighted by Crippen LogP contribution is 2.36. The van der Waals surface area contributed by atoms with Gasteiger partial charge >= 0.3 is 5.97 Å².